The molecule has 8 heteroatoms. The number of ether oxygens (including phenoxy) is 1. The van der Waals surface area contributed by atoms with Crippen molar-refractivity contribution in [3.8, 4) is 5.75 Å². The smallest absolute Gasteiger partial charge is 0.338 e. The normalized spacial score (nSPS) is 15.6. The molecule has 1 amide bonds. The van der Waals surface area contributed by atoms with E-state index in [1.165, 1.54) is 17.5 Å². The van der Waals surface area contributed by atoms with E-state index in [1.54, 1.807) is 24.1 Å². The van der Waals surface area contributed by atoms with Gasteiger partial charge in [0.15, 0.2) is 0 Å². The molecule has 0 aliphatic carbocycles. The quantitative estimate of drug-likeness (QED) is 0.925. The highest BCUT2D eigenvalue weighted by atomic mass is 32.1. The van der Waals surface area contributed by atoms with Crippen molar-refractivity contribution in [2.75, 3.05) is 20.2 Å². The number of carbonyl (C=O) groups is 2. The number of aromatic carboxylic acids is 1. The third-order valence-electron chi connectivity index (χ3n) is 4.00. The fourth-order valence-corrected chi connectivity index (χ4v) is 3.50. The van der Waals surface area contributed by atoms with Gasteiger partial charge < -0.3 is 14.7 Å². The maximum Gasteiger partial charge on any atom is 0.338 e. The summed E-state index contributed by atoms with van der Waals surface area (Å²) >= 11 is 1.38. The van der Waals surface area contributed by atoms with Gasteiger partial charge >= 0.3 is 5.97 Å². The van der Waals surface area contributed by atoms with E-state index in [0.29, 0.717) is 23.7 Å². The molecule has 23 heavy (non-hydrogen) atoms. The molecule has 0 bridgehead atoms. The Labute approximate surface area is 137 Å². The number of carboxylic acids is 1. The SMILES string of the molecule is COc1csc(C(=O)N2CCC(n3cc(C(=O)O)cn3)CC2)c1. The summed E-state index contributed by atoms with van der Waals surface area (Å²) in [6.45, 7) is 1.26. The first-order valence-corrected chi connectivity index (χ1v) is 8.15. The van der Waals surface area contributed by atoms with Crippen LogP contribution >= 0.6 is 11.3 Å². The standard InChI is InChI=1S/C15H17N3O4S/c1-22-12-6-13(23-9-12)14(19)17-4-2-11(3-5-17)18-8-10(7-16-18)15(20)21/h6-9,11H,2-5H2,1H3,(H,20,21). The number of methoxy groups -OCH3 is 1. The van der Waals surface area contributed by atoms with Crippen molar-refractivity contribution in [1.82, 2.24) is 14.7 Å². The first kappa shape index (κ1) is 15.5. The van der Waals surface area contributed by atoms with Gasteiger partial charge in [-0.2, -0.15) is 5.10 Å². The van der Waals surface area contributed by atoms with E-state index in [-0.39, 0.29) is 17.5 Å². The zero-order chi connectivity index (χ0) is 16.4. The highest BCUT2D eigenvalue weighted by molar-refractivity contribution is 7.12. The van der Waals surface area contributed by atoms with Gasteiger partial charge in [-0.15, -0.1) is 11.3 Å². The Hall–Kier alpha value is -2.35. The van der Waals surface area contributed by atoms with Crippen LogP contribution in [0, 0.1) is 0 Å². The number of piperidine rings is 1. The minimum atomic E-state index is -0.976. The Morgan fingerprint density at radius 1 is 1.39 bits per heavy atom. The summed E-state index contributed by atoms with van der Waals surface area (Å²) in [5.41, 5.74) is 0.189. The topological polar surface area (TPSA) is 84.7 Å². The molecule has 7 nitrogen and oxygen atoms in total. The van der Waals surface area contributed by atoms with Gasteiger partial charge in [0.25, 0.3) is 5.91 Å². The monoisotopic (exact) mass is 335 g/mol. The fraction of sp³-hybridized carbons (Fsp3) is 0.400. The second-order valence-electron chi connectivity index (χ2n) is 5.39. The molecule has 1 saturated heterocycles. The van der Waals surface area contributed by atoms with Gasteiger partial charge in [0, 0.05) is 30.7 Å². The van der Waals surface area contributed by atoms with Crippen LogP contribution in [0.1, 0.15) is 38.9 Å². The number of thiophene rings is 1. The van der Waals surface area contributed by atoms with Crippen LogP contribution in [0.2, 0.25) is 0 Å². The summed E-state index contributed by atoms with van der Waals surface area (Å²) in [6.07, 6.45) is 4.43. The Morgan fingerprint density at radius 2 is 2.13 bits per heavy atom. The Bertz CT molecular complexity index is 716. The van der Waals surface area contributed by atoms with Gasteiger partial charge in [0.2, 0.25) is 0 Å². The molecule has 1 N–H and O–H groups in total. The summed E-state index contributed by atoms with van der Waals surface area (Å²) in [5.74, 6) is -0.259. The number of nitrogens with zero attached hydrogens (tertiary/aromatic N) is 3. The highest BCUT2D eigenvalue weighted by Gasteiger charge is 2.26. The molecule has 0 unspecified atom stereocenters. The van der Waals surface area contributed by atoms with Crippen molar-refractivity contribution in [3.63, 3.8) is 0 Å². The van der Waals surface area contributed by atoms with Crippen molar-refractivity contribution < 1.29 is 19.4 Å². The van der Waals surface area contributed by atoms with Gasteiger partial charge in [-0.1, -0.05) is 0 Å². The van der Waals surface area contributed by atoms with Crippen molar-refractivity contribution in [2.45, 2.75) is 18.9 Å². The zero-order valence-corrected chi connectivity index (χ0v) is 13.5. The first-order chi connectivity index (χ1) is 11.1. The van der Waals surface area contributed by atoms with E-state index in [1.807, 2.05) is 10.3 Å². The number of likely N-dealkylation sites (tertiary alicyclic amines) is 1. The Kier molecular flexibility index (Phi) is 4.33. The van der Waals surface area contributed by atoms with Crippen LogP contribution in [0.5, 0.6) is 5.75 Å². The maximum atomic E-state index is 12.4. The molecular formula is C15H17N3O4S. The van der Waals surface area contributed by atoms with Crippen molar-refractivity contribution >= 4 is 23.2 Å². The molecule has 2 aromatic rings. The molecule has 2 aromatic heterocycles. The van der Waals surface area contributed by atoms with Gasteiger partial charge in [0.05, 0.1) is 29.8 Å². The lowest BCUT2D eigenvalue weighted by atomic mass is 10.1. The first-order valence-electron chi connectivity index (χ1n) is 7.27. The molecule has 122 valence electrons. The molecule has 0 spiro atoms. The summed E-state index contributed by atoms with van der Waals surface area (Å²) in [5, 5.41) is 14.9. The Morgan fingerprint density at radius 3 is 2.70 bits per heavy atom. The summed E-state index contributed by atoms with van der Waals surface area (Å²) < 4.78 is 6.80. The van der Waals surface area contributed by atoms with E-state index in [0.717, 1.165) is 12.8 Å². The summed E-state index contributed by atoms with van der Waals surface area (Å²) in [6, 6.07) is 1.89. The number of hydrogen-bond acceptors (Lipinski definition) is 5. The lowest BCUT2D eigenvalue weighted by Crippen LogP contribution is -2.38. The van der Waals surface area contributed by atoms with Gasteiger partial charge in [-0.05, 0) is 12.8 Å². The minimum Gasteiger partial charge on any atom is -0.496 e. The molecule has 0 aromatic carbocycles. The molecule has 1 aliphatic rings. The van der Waals surface area contributed by atoms with Gasteiger partial charge in [-0.3, -0.25) is 9.48 Å². The van der Waals surface area contributed by atoms with Crippen molar-refractivity contribution in [1.29, 1.82) is 0 Å². The number of rotatable bonds is 4. The maximum absolute atomic E-state index is 12.4. The average molecular weight is 335 g/mol. The number of carboxylic acid groups (broad SMARTS) is 1. The van der Waals surface area contributed by atoms with E-state index in [2.05, 4.69) is 5.10 Å². The molecule has 0 saturated carbocycles. The highest BCUT2D eigenvalue weighted by Crippen LogP contribution is 2.26. The number of carbonyl (C=O) groups excluding carboxylic acids is 1. The molecule has 1 fully saturated rings. The second kappa shape index (κ2) is 6.41. The van der Waals surface area contributed by atoms with E-state index in [4.69, 9.17) is 9.84 Å². The minimum absolute atomic E-state index is 0.0171. The van der Waals surface area contributed by atoms with Crippen LogP contribution in [-0.4, -0.2) is 51.9 Å². The lowest BCUT2D eigenvalue weighted by Gasteiger charge is -2.31. The third kappa shape index (κ3) is 3.21. The van der Waals surface area contributed by atoms with Crippen molar-refractivity contribution in [2.24, 2.45) is 0 Å². The lowest BCUT2D eigenvalue weighted by molar-refractivity contribution is 0.0691. The molecule has 0 atom stereocenters. The molecular weight excluding hydrogens is 318 g/mol. The predicted octanol–water partition coefficient (Wildman–Crippen LogP) is 2.13. The average Bonchev–Trinajstić information content (AvgIpc) is 3.23. The van der Waals surface area contributed by atoms with Crippen LogP contribution in [0.15, 0.2) is 23.8 Å². The van der Waals surface area contributed by atoms with Gasteiger partial charge in [0.1, 0.15) is 5.75 Å². The van der Waals surface area contributed by atoms with Gasteiger partial charge in [-0.25, -0.2) is 4.79 Å². The second-order valence-corrected chi connectivity index (χ2v) is 6.30. The van der Waals surface area contributed by atoms with Crippen LogP contribution < -0.4 is 4.74 Å². The summed E-state index contributed by atoms with van der Waals surface area (Å²) in [4.78, 5) is 25.8. The van der Waals surface area contributed by atoms with Crippen LogP contribution in [-0.2, 0) is 0 Å². The third-order valence-corrected chi connectivity index (χ3v) is 4.89. The summed E-state index contributed by atoms with van der Waals surface area (Å²) in [7, 11) is 1.58. The zero-order valence-electron chi connectivity index (χ0n) is 12.6. The van der Waals surface area contributed by atoms with E-state index in [9.17, 15) is 9.59 Å². The molecule has 3 heterocycles. The number of amides is 1. The number of hydrogen-bond donors (Lipinski definition) is 1. The Balaban J connectivity index is 1.61. The fourth-order valence-electron chi connectivity index (χ4n) is 2.68. The predicted molar refractivity (Wildman–Crippen MR) is 84.2 cm³/mol. The molecule has 3 rings (SSSR count). The largest absolute Gasteiger partial charge is 0.496 e. The molecule has 1 aliphatic heterocycles. The number of aromatic nitrogens is 2. The van der Waals surface area contributed by atoms with Crippen molar-refractivity contribution in [3.05, 3.63) is 34.3 Å². The van der Waals surface area contributed by atoms with E-state index < -0.39 is 5.97 Å². The van der Waals surface area contributed by atoms with Crippen LogP contribution in [0.3, 0.4) is 0 Å². The van der Waals surface area contributed by atoms with Crippen LogP contribution in [0.25, 0.3) is 0 Å². The van der Waals surface area contributed by atoms with Crippen LogP contribution in [0.4, 0.5) is 0 Å². The van der Waals surface area contributed by atoms with E-state index >= 15 is 0 Å². The molecule has 0 radical (unpaired) electrons.